The highest BCUT2D eigenvalue weighted by atomic mass is 16.7. The average molecular weight is 571 g/mol. The molecule has 0 aromatic heterocycles. The van der Waals surface area contributed by atoms with Gasteiger partial charge in [0.2, 0.25) is 6.29 Å². The van der Waals surface area contributed by atoms with Crippen molar-refractivity contribution < 1.29 is 28.5 Å². The minimum absolute atomic E-state index is 0.292. The van der Waals surface area contributed by atoms with Crippen LogP contribution in [0.25, 0.3) is 21.5 Å². The molecule has 0 saturated heterocycles. The normalized spacial score (nSPS) is 11.1. The predicted octanol–water partition coefficient (Wildman–Crippen LogP) is 9.27. The quantitative estimate of drug-likeness (QED) is 0.0759. The molecule has 6 nitrogen and oxygen atoms in total. The Bertz CT molecular complexity index is 1370. The van der Waals surface area contributed by atoms with Gasteiger partial charge in [-0.15, -0.1) is 0 Å². The van der Waals surface area contributed by atoms with E-state index in [0.717, 1.165) is 72.9 Å². The second-order valence-electron chi connectivity index (χ2n) is 10.6. The molecule has 0 atom stereocenters. The van der Waals surface area contributed by atoms with Crippen molar-refractivity contribution in [1.29, 1.82) is 0 Å². The van der Waals surface area contributed by atoms with Gasteiger partial charge in [-0.2, -0.15) is 0 Å². The van der Waals surface area contributed by atoms with E-state index >= 15 is 0 Å². The average Bonchev–Trinajstić information content (AvgIpc) is 3.00. The van der Waals surface area contributed by atoms with E-state index in [-0.39, 0.29) is 11.9 Å². The van der Waals surface area contributed by atoms with Crippen molar-refractivity contribution in [3.05, 3.63) is 83.9 Å². The first-order valence-electron chi connectivity index (χ1n) is 15.2. The number of ether oxygens (including phenoxy) is 4. The highest BCUT2D eigenvalue weighted by Gasteiger charge is 2.12. The Hall–Kier alpha value is -4.06. The zero-order valence-corrected chi connectivity index (χ0v) is 25.0. The van der Waals surface area contributed by atoms with Gasteiger partial charge in [0.15, 0.2) is 0 Å². The van der Waals surface area contributed by atoms with E-state index in [1.54, 1.807) is 12.1 Å². The van der Waals surface area contributed by atoms with Crippen molar-refractivity contribution in [2.45, 2.75) is 78.4 Å². The number of carbonyl (C=O) groups excluding carboxylic acids is 2. The van der Waals surface area contributed by atoms with Crippen molar-refractivity contribution >= 4 is 33.5 Å². The molecule has 0 radical (unpaired) electrons. The first-order chi connectivity index (χ1) is 20.5. The fraction of sp³-hybridized carbons (Fsp3) is 0.389. The molecule has 222 valence electrons. The van der Waals surface area contributed by atoms with E-state index in [1.807, 2.05) is 67.6 Å². The first kappa shape index (κ1) is 30.9. The van der Waals surface area contributed by atoms with Gasteiger partial charge in [0.05, 0.1) is 24.3 Å². The summed E-state index contributed by atoms with van der Waals surface area (Å²) in [6, 6.07) is 22.5. The number of fused-ring (bicyclic) bond motifs is 2. The van der Waals surface area contributed by atoms with Gasteiger partial charge in [-0.1, -0.05) is 76.6 Å². The molecule has 42 heavy (non-hydrogen) atoms. The zero-order valence-electron chi connectivity index (χ0n) is 25.0. The molecule has 0 heterocycles. The zero-order chi connectivity index (χ0) is 29.7. The Kier molecular flexibility index (Phi) is 11.6. The van der Waals surface area contributed by atoms with E-state index in [2.05, 4.69) is 13.8 Å². The monoisotopic (exact) mass is 570 g/mol. The van der Waals surface area contributed by atoms with Crippen LogP contribution in [0.2, 0.25) is 0 Å². The van der Waals surface area contributed by atoms with E-state index in [4.69, 9.17) is 18.9 Å². The summed E-state index contributed by atoms with van der Waals surface area (Å²) >= 11 is 0. The van der Waals surface area contributed by atoms with Crippen LogP contribution in [0.1, 0.15) is 92.9 Å². The largest absolute Gasteiger partial charge is 0.462 e. The molecule has 6 heteroatoms. The fourth-order valence-electron chi connectivity index (χ4n) is 4.81. The van der Waals surface area contributed by atoms with Crippen LogP contribution in [-0.2, 0) is 9.47 Å². The molecular formula is C36H42O6. The molecule has 0 aliphatic rings. The summed E-state index contributed by atoms with van der Waals surface area (Å²) in [6.07, 6.45) is 8.01. The standard InChI is InChI=1S/C36H42O6/c1-4-6-8-10-20-39-35(37)31-14-12-29-24-33(18-16-27(29)22-31)41-26(3)42-34-19-17-28-23-32(15-13-30(28)25-34)36(38)40-21-11-9-7-5-2/h12-19,22-26H,4-11,20-21H2,1-3H3. The minimum Gasteiger partial charge on any atom is -0.462 e. The van der Waals surface area contributed by atoms with E-state index in [9.17, 15) is 9.59 Å². The van der Waals surface area contributed by atoms with Gasteiger partial charge in [0.25, 0.3) is 0 Å². The molecular weight excluding hydrogens is 528 g/mol. The van der Waals surface area contributed by atoms with Gasteiger partial charge in [-0.05, 0) is 82.9 Å². The van der Waals surface area contributed by atoms with Gasteiger partial charge in [-0.3, -0.25) is 0 Å². The number of benzene rings is 4. The molecule has 0 aliphatic carbocycles. The molecule has 4 aromatic carbocycles. The summed E-state index contributed by atoms with van der Waals surface area (Å²) in [5.41, 5.74) is 1.09. The van der Waals surface area contributed by atoms with Crippen LogP contribution < -0.4 is 9.47 Å². The number of carbonyl (C=O) groups is 2. The van der Waals surface area contributed by atoms with Gasteiger partial charge < -0.3 is 18.9 Å². The molecule has 0 fully saturated rings. The molecule has 4 aromatic rings. The van der Waals surface area contributed by atoms with Crippen molar-refractivity contribution in [2.24, 2.45) is 0 Å². The number of hydrogen-bond acceptors (Lipinski definition) is 6. The molecule has 0 N–H and O–H groups in total. The lowest BCUT2D eigenvalue weighted by molar-refractivity contribution is 0.0225. The molecule has 0 amide bonds. The van der Waals surface area contributed by atoms with Gasteiger partial charge in [-0.25, -0.2) is 9.59 Å². The summed E-state index contributed by atoms with van der Waals surface area (Å²) in [6.45, 7) is 7.06. The van der Waals surface area contributed by atoms with Crippen LogP contribution in [-0.4, -0.2) is 31.4 Å². The predicted molar refractivity (Wildman–Crippen MR) is 167 cm³/mol. The van der Waals surface area contributed by atoms with Crippen molar-refractivity contribution in [1.82, 2.24) is 0 Å². The van der Waals surface area contributed by atoms with Gasteiger partial charge >= 0.3 is 11.9 Å². The Labute approximate surface area is 248 Å². The lowest BCUT2D eigenvalue weighted by atomic mass is 10.1. The Morgan fingerprint density at radius 3 is 1.38 bits per heavy atom. The molecule has 0 bridgehead atoms. The van der Waals surface area contributed by atoms with Crippen LogP contribution in [0, 0.1) is 0 Å². The molecule has 0 unspecified atom stereocenters. The van der Waals surface area contributed by atoms with E-state index in [0.29, 0.717) is 35.8 Å². The van der Waals surface area contributed by atoms with Crippen LogP contribution in [0.3, 0.4) is 0 Å². The number of esters is 2. The smallest absolute Gasteiger partial charge is 0.338 e. The van der Waals surface area contributed by atoms with Gasteiger partial charge in [0.1, 0.15) is 11.5 Å². The summed E-state index contributed by atoms with van der Waals surface area (Å²) in [4.78, 5) is 24.8. The molecule has 0 spiro atoms. The summed E-state index contributed by atoms with van der Waals surface area (Å²) < 4.78 is 22.9. The number of rotatable bonds is 16. The van der Waals surface area contributed by atoms with Crippen molar-refractivity contribution in [3.8, 4) is 11.5 Å². The lowest BCUT2D eigenvalue weighted by Gasteiger charge is -2.17. The third-order valence-corrected chi connectivity index (χ3v) is 7.16. The molecule has 0 aliphatic heterocycles. The Balaban J connectivity index is 1.31. The Morgan fingerprint density at radius 2 is 0.952 bits per heavy atom. The SMILES string of the molecule is CCCCCCOC(=O)c1ccc2cc(OC(C)Oc3ccc4cc(C(=O)OCCCCCC)ccc4c3)ccc2c1. The lowest BCUT2D eigenvalue weighted by Crippen LogP contribution is -2.19. The van der Waals surface area contributed by atoms with Crippen LogP contribution in [0.5, 0.6) is 11.5 Å². The highest BCUT2D eigenvalue weighted by molar-refractivity contribution is 5.96. The van der Waals surface area contributed by atoms with E-state index < -0.39 is 6.29 Å². The second-order valence-corrected chi connectivity index (χ2v) is 10.6. The van der Waals surface area contributed by atoms with E-state index in [1.165, 1.54) is 0 Å². The molecule has 4 rings (SSSR count). The third-order valence-electron chi connectivity index (χ3n) is 7.16. The van der Waals surface area contributed by atoms with Gasteiger partial charge in [0, 0.05) is 6.92 Å². The van der Waals surface area contributed by atoms with Crippen LogP contribution >= 0.6 is 0 Å². The maximum atomic E-state index is 12.4. The van der Waals surface area contributed by atoms with Crippen LogP contribution in [0.15, 0.2) is 72.8 Å². The first-order valence-corrected chi connectivity index (χ1v) is 15.2. The summed E-state index contributed by atoms with van der Waals surface area (Å²) in [5, 5.41) is 3.79. The fourth-order valence-corrected chi connectivity index (χ4v) is 4.81. The number of hydrogen-bond donors (Lipinski definition) is 0. The summed E-state index contributed by atoms with van der Waals surface area (Å²) in [7, 11) is 0. The van der Waals surface area contributed by atoms with Crippen LogP contribution in [0.4, 0.5) is 0 Å². The van der Waals surface area contributed by atoms with Crippen molar-refractivity contribution in [2.75, 3.05) is 13.2 Å². The summed E-state index contributed by atoms with van der Waals surface area (Å²) in [5.74, 6) is 0.750. The topological polar surface area (TPSA) is 71.1 Å². The number of unbranched alkanes of at least 4 members (excludes halogenated alkanes) is 6. The highest BCUT2D eigenvalue weighted by Crippen LogP contribution is 2.26. The Morgan fingerprint density at radius 1 is 0.548 bits per heavy atom. The maximum absolute atomic E-state index is 12.4. The minimum atomic E-state index is -0.538. The third kappa shape index (κ3) is 8.97. The second kappa shape index (κ2) is 15.8. The maximum Gasteiger partial charge on any atom is 0.338 e. The van der Waals surface area contributed by atoms with Crippen molar-refractivity contribution in [3.63, 3.8) is 0 Å². The molecule has 0 saturated carbocycles.